The van der Waals surface area contributed by atoms with Crippen LogP contribution in [0.1, 0.15) is 12.5 Å². The van der Waals surface area contributed by atoms with Crippen molar-refractivity contribution in [3.8, 4) is 0 Å². The highest BCUT2D eigenvalue weighted by molar-refractivity contribution is 6.36. The molecule has 1 atom stereocenters. The molecule has 24 heavy (non-hydrogen) atoms. The van der Waals surface area contributed by atoms with Gasteiger partial charge in [0.15, 0.2) is 6.10 Å². The summed E-state index contributed by atoms with van der Waals surface area (Å²) in [5.74, 6) is -1.06. The lowest BCUT2D eigenvalue weighted by atomic mass is 10.1. The number of carbonyl (C=O) groups is 2. The predicted molar refractivity (Wildman–Crippen MR) is 95.8 cm³/mol. The van der Waals surface area contributed by atoms with Gasteiger partial charge in [0, 0.05) is 26.3 Å². The summed E-state index contributed by atoms with van der Waals surface area (Å²) in [6, 6.07) is 11.6. The molecule has 0 heterocycles. The Kier molecular flexibility index (Phi) is 6.49. The maximum Gasteiger partial charge on any atom is 0.311 e. The van der Waals surface area contributed by atoms with Gasteiger partial charge in [0.25, 0.3) is 5.91 Å². The lowest BCUT2D eigenvalue weighted by molar-refractivity contribution is -0.152. The summed E-state index contributed by atoms with van der Waals surface area (Å²) in [7, 11) is 0. The van der Waals surface area contributed by atoms with E-state index in [4.69, 9.17) is 39.5 Å². The zero-order chi connectivity index (χ0) is 17.7. The second kappa shape index (κ2) is 8.38. The monoisotopic (exact) mass is 385 g/mol. The molecule has 0 radical (unpaired) electrons. The molecule has 1 N–H and O–H groups in total. The van der Waals surface area contributed by atoms with E-state index in [9.17, 15) is 9.59 Å². The van der Waals surface area contributed by atoms with Crippen molar-refractivity contribution in [1.29, 1.82) is 0 Å². The van der Waals surface area contributed by atoms with E-state index in [1.807, 2.05) is 0 Å². The third-order valence-corrected chi connectivity index (χ3v) is 4.10. The topological polar surface area (TPSA) is 55.4 Å². The van der Waals surface area contributed by atoms with E-state index in [0.717, 1.165) is 0 Å². The number of benzene rings is 2. The molecule has 4 nitrogen and oxygen atoms in total. The van der Waals surface area contributed by atoms with Gasteiger partial charge >= 0.3 is 5.97 Å². The Labute approximate surface area is 154 Å². The molecule has 0 unspecified atom stereocenters. The molecule has 126 valence electrons. The Morgan fingerprint density at radius 1 is 1.08 bits per heavy atom. The molecule has 0 aliphatic carbocycles. The normalized spacial score (nSPS) is 11.7. The van der Waals surface area contributed by atoms with Crippen LogP contribution in [0.3, 0.4) is 0 Å². The van der Waals surface area contributed by atoms with Crippen LogP contribution in [0.2, 0.25) is 15.1 Å². The van der Waals surface area contributed by atoms with Crippen molar-refractivity contribution in [3.63, 3.8) is 0 Å². The number of amides is 1. The van der Waals surface area contributed by atoms with Crippen molar-refractivity contribution in [1.82, 2.24) is 0 Å². The number of hydrogen-bond donors (Lipinski definition) is 1. The average molecular weight is 387 g/mol. The summed E-state index contributed by atoms with van der Waals surface area (Å²) in [6.45, 7) is 1.48. The number of carbonyl (C=O) groups excluding carboxylic acids is 2. The highest BCUT2D eigenvalue weighted by Gasteiger charge is 2.19. The first-order chi connectivity index (χ1) is 11.4. The smallest absolute Gasteiger partial charge is 0.311 e. The number of nitrogens with one attached hydrogen (secondary N) is 1. The molecule has 7 heteroatoms. The summed E-state index contributed by atoms with van der Waals surface area (Å²) in [5, 5.41) is 3.85. The van der Waals surface area contributed by atoms with Gasteiger partial charge in [-0.25, -0.2) is 0 Å². The van der Waals surface area contributed by atoms with Gasteiger partial charge in [-0.3, -0.25) is 9.59 Å². The lowest BCUT2D eigenvalue weighted by Gasteiger charge is -2.14. The van der Waals surface area contributed by atoms with Crippen molar-refractivity contribution in [2.75, 3.05) is 5.32 Å². The fourth-order valence-corrected chi connectivity index (χ4v) is 2.67. The SMILES string of the molecule is C[C@H](OC(=O)Cc1c(Cl)cccc1Cl)C(=O)Nc1cccc(Cl)c1. The van der Waals surface area contributed by atoms with Gasteiger partial charge in [-0.1, -0.05) is 46.9 Å². The maximum atomic E-state index is 12.1. The summed E-state index contributed by atoms with van der Waals surface area (Å²) >= 11 is 17.9. The molecule has 1 amide bonds. The molecule has 0 saturated heterocycles. The second-order valence-corrected chi connectivity index (χ2v) is 6.26. The first-order valence-electron chi connectivity index (χ1n) is 7.05. The Hall–Kier alpha value is -1.75. The Balaban J connectivity index is 1.94. The number of anilines is 1. The van der Waals surface area contributed by atoms with Crippen LogP contribution in [0.25, 0.3) is 0 Å². The van der Waals surface area contributed by atoms with Crippen molar-refractivity contribution >= 4 is 52.4 Å². The maximum absolute atomic E-state index is 12.1. The first kappa shape index (κ1) is 18.6. The third-order valence-electron chi connectivity index (χ3n) is 3.15. The van der Waals surface area contributed by atoms with Crippen LogP contribution in [0, 0.1) is 0 Å². The van der Waals surface area contributed by atoms with E-state index in [1.54, 1.807) is 42.5 Å². The minimum atomic E-state index is -0.974. The second-order valence-electron chi connectivity index (χ2n) is 5.01. The standard InChI is InChI=1S/C17H14Cl3NO3/c1-10(17(23)21-12-5-2-4-11(18)8-12)24-16(22)9-13-14(19)6-3-7-15(13)20/h2-8,10H,9H2,1H3,(H,21,23)/t10-/m0/s1. The van der Waals surface area contributed by atoms with E-state index in [-0.39, 0.29) is 6.42 Å². The molecule has 0 aliphatic heterocycles. The number of halogens is 3. The van der Waals surface area contributed by atoms with Gasteiger partial charge in [0.2, 0.25) is 0 Å². The Morgan fingerprint density at radius 3 is 2.33 bits per heavy atom. The van der Waals surface area contributed by atoms with Crippen molar-refractivity contribution in [3.05, 3.63) is 63.1 Å². The van der Waals surface area contributed by atoms with Crippen LogP contribution < -0.4 is 5.32 Å². The van der Waals surface area contributed by atoms with Crippen molar-refractivity contribution in [2.24, 2.45) is 0 Å². The van der Waals surface area contributed by atoms with Gasteiger partial charge in [-0.05, 0) is 37.3 Å². The molecule has 0 aliphatic rings. The van der Waals surface area contributed by atoms with Crippen LogP contribution in [0.5, 0.6) is 0 Å². The minimum Gasteiger partial charge on any atom is -0.452 e. The molecule has 2 aromatic carbocycles. The Bertz CT molecular complexity index is 744. The fraction of sp³-hybridized carbons (Fsp3) is 0.176. The van der Waals surface area contributed by atoms with Gasteiger partial charge in [-0.15, -0.1) is 0 Å². The number of ether oxygens (including phenoxy) is 1. The van der Waals surface area contributed by atoms with E-state index < -0.39 is 18.0 Å². The zero-order valence-corrected chi connectivity index (χ0v) is 15.0. The van der Waals surface area contributed by atoms with E-state index in [0.29, 0.717) is 26.3 Å². The summed E-state index contributed by atoms with van der Waals surface area (Å²) in [5.41, 5.74) is 0.984. The zero-order valence-electron chi connectivity index (χ0n) is 12.7. The van der Waals surface area contributed by atoms with E-state index in [1.165, 1.54) is 6.92 Å². The van der Waals surface area contributed by atoms with E-state index >= 15 is 0 Å². The number of esters is 1. The van der Waals surface area contributed by atoms with Crippen molar-refractivity contribution in [2.45, 2.75) is 19.4 Å². The Morgan fingerprint density at radius 2 is 1.71 bits per heavy atom. The lowest BCUT2D eigenvalue weighted by Crippen LogP contribution is -2.30. The number of rotatable bonds is 5. The highest BCUT2D eigenvalue weighted by atomic mass is 35.5. The van der Waals surface area contributed by atoms with Crippen LogP contribution in [-0.4, -0.2) is 18.0 Å². The molecule has 0 spiro atoms. The van der Waals surface area contributed by atoms with Crippen LogP contribution in [0.4, 0.5) is 5.69 Å². The molecular weight excluding hydrogens is 373 g/mol. The van der Waals surface area contributed by atoms with E-state index in [2.05, 4.69) is 5.32 Å². The predicted octanol–water partition coefficient (Wildman–Crippen LogP) is 4.76. The molecule has 2 rings (SSSR count). The molecule has 0 bridgehead atoms. The molecule has 0 saturated carbocycles. The fourth-order valence-electron chi connectivity index (χ4n) is 1.95. The molecule has 0 fully saturated rings. The van der Waals surface area contributed by atoms with Gasteiger partial charge in [-0.2, -0.15) is 0 Å². The molecule has 2 aromatic rings. The average Bonchev–Trinajstić information content (AvgIpc) is 2.51. The van der Waals surface area contributed by atoms with Crippen molar-refractivity contribution < 1.29 is 14.3 Å². The summed E-state index contributed by atoms with van der Waals surface area (Å²) in [6.07, 6.45) is -1.09. The summed E-state index contributed by atoms with van der Waals surface area (Å²) in [4.78, 5) is 24.1. The van der Waals surface area contributed by atoms with Gasteiger partial charge < -0.3 is 10.1 Å². The quantitative estimate of drug-likeness (QED) is 0.754. The first-order valence-corrected chi connectivity index (χ1v) is 8.19. The highest BCUT2D eigenvalue weighted by Crippen LogP contribution is 2.25. The van der Waals surface area contributed by atoms with Crippen LogP contribution in [-0.2, 0) is 20.7 Å². The van der Waals surface area contributed by atoms with Crippen LogP contribution >= 0.6 is 34.8 Å². The van der Waals surface area contributed by atoms with Gasteiger partial charge in [0.05, 0.1) is 6.42 Å². The molecule has 0 aromatic heterocycles. The summed E-state index contributed by atoms with van der Waals surface area (Å²) < 4.78 is 5.13. The minimum absolute atomic E-state index is 0.118. The molecular formula is C17H14Cl3NO3. The van der Waals surface area contributed by atoms with Gasteiger partial charge in [0.1, 0.15) is 0 Å². The van der Waals surface area contributed by atoms with Crippen LogP contribution in [0.15, 0.2) is 42.5 Å². The number of hydrogen-bond acceptors (Lipinski definition) is 3. The third kappa shape index (κ3) is 5.13. The largest absolute Gasteiger partial charge is 0.452 e.